The van der Waals surface area contributed by atoms with Crippen molar-refractivity contribution in [2.24, 2.45) is 5.92 Å². The predicted molar refractivity (Wildman–Crippen MR) is 80.6 cm³/mol. The molecule has 1 atom stereocenters. The summed E-state index contributed by atoms with van der Waals surface area (Å²) in [4.78, 5) is 12.1. The lowest BCUT2D eigenvalue weighted by Gasteiger charge is -2.11. The summed E-state index contributed by atoms with van der Waals surface area (Å²) in [6, 6.07) is 8.11. The highest BCUT2D eigenvalue weighted by Gasteiger charge is 2.16. The van der Waals surface area contributed by atoms with E-state index in [1.165, 1.54) is 17.3 Å². The van der Waals surface area contributed by atoms with Crippen LogP contribution >= 0.6 is 11.8 Å². The highest BCUT2D eigenvalue weighted by atomic mass is 32.2. The molecule has 19 heavy (non-hydrogen) atoms. The average molecular weight is 281 g/mol. The summed E-state index contributed by atoms with van der Waals surface area (Å²) in [7, 11) is 0. The van der Waals surface area contributed by atoms with Gasteiger partial charge < -0.3 is 10.4 Å². The van der Waals surface area contributed by atoms with E-state index in [1.54, 1.807) is 0 Å². The van der Waals surface area contributed by atoms with Gasteiger partial charge in [0.1, 0.15) is 5.25 Å². The van der Waals surface area contributed by atoms with Crippen LogP contribution in [0.2, 0.25) is 0 Å². The van der Waals surface area contributed by atoms with Gasteiger partial charge in [-0.25, -0.2) is 0 Å². The summed E-state index contributed by atoms with van der Waals surface area (Å²) >= 11 is 1.42. The second kappa shape index (κ2) is 8.23. The number of aliphatic carboxylic acids is 1. The Balaban J connectivity index is 2.58. The number of carboxylic acid groups (broad SMARTS) is 1. The van der Waals surface area contributed by atoms with Gasteiger partial charge in [0.25, 0.3) is 0 Å². The van der Waals surface area contributed by atoms with Crippen molar-refractivity contribution in [1.29, 1.82) is 0 Å². The normalized spacial score (nSPS) is 12.6. The van der Waals surface area contributed by atoms with Crippen LogP contribution in [0.5, 0.6) is 0 Å². The van der Waals surface area contributed by atoms with Crippen LogP contribution in [0.25, 0.3) is 0 Å². The van der Waals surface area contributed by atoms with Gasteiger partial charge in [0, 0.05) is 11.4 Å². The molecule has 0 amide bonds. The summed E-state index contributed by atoms with van der Waals surface area (Å²) in [6.07, 6.45) is 0.635. The van der Waals surface area contributed by atoms with E-state index in [-0.39, 0.29) is 5.25 Å². The Morgan fingerprint density at radius 3 is 2.74 bits per heavy atom. The Kier molecular flexibility index (Phi) is 6.95. The summed E-state index contributed by atoms with van der Waals surface area (Å²) in [5.74, 6) is -0.107. The standard InChI is InChI=1S/C15H23NO2S/c1-4-14(15(17)18)19-13-7-5-6-12(8-13)10-16-9-11(2)3/h5-8,11,14,16H,4,9-10H2,1-3H3,(H,17,18). The maximum atomic E-state index is 11.0. The van der Waals surface area contributed by atoms with Crippen LogP contribution in [0.3, 0.4) is 0 Å². The first-order chi connectivity index (χ1) is 9.02. The lowest BCUT2D eigenvalue weighted by Crippen LogP contribution is -2.19. The topological polar surface area (TPSA) is 49.3 Å². The van der Waals surface area contributed by atoms with E-state index in [4.69, 9.17) is 5.11 Å². The van der Waals surface area contributed by atoms with Gasteiger partial charge in [-0.05, 0) is 36.6 Å². The molecule has 0 aliphatic rings. The molecule has 0 fully saturated rings. The number of hydrogen-bond acceptors (Lipinski definition) is 3. The molecule has 4 heteroatoms. The number of rotatable bonds is 8. The van der Waals surface area contributed by atoms with E-state index in [1.807, 2.05) is 19.1 Å². The fourth-order valence-electron chi connectivity index (χ4n) is 1.71. The summed E-state index contributed by atoms with van der Waals surface area (Å²) in [6.45, 7) is 8.08. The Morgan fingerprint density at radius 2 is 2.16 bits per heavy atom. The van der Waals surface area contributed by atoms with Crippen LogP contribution in [0.1, 0.15) is 32.8 Å². The molecular weight excluding hydrogens is 258 g/mol. The third kappa shape index (κ3) is 6.12. The van der Waals surface area contributed by atoms with Crippen molar-refractivity contribution in [1.82, 2.24) is 5.32 Å². The van der Waals surface area contributed by atoms with E-state index in [9.17, 15) is 4.79 Å². The van der Waals surface area contributed by atoms with Gasteiger partial charge in [-0.2, -0.15) is 0 Å². The second-order valence-electron chi connectivity index (χ2n) is 5.03. The summed E-state index contributed by atoms with van der Waals surface area (Å²) in [5, 5.41) is 12.1. The largest absolute Gasteiger partial charge is 0.480 e. The molecule has 0 radical (unpaired) electrons. The van der Waals surface area contributed by atoms with Crippen molar-refractivity contribution >= 4 is 17.7 Å². The van der Waals surface area contributed by atoms with Crippen molar-refractivity contribution < 1.29 is 9.90 Å². The second-order valence-corrected chi connectivity index (χ2v) is 6.30. The van der Waals surface area contributed by atoms with Gasteiger partial charge in [0.15, 0.2) is 0 Å². The zero-order valence-corrected chi connectivity index (χ0v) is 12.7. The molecule has 1 unspecified atom stereocenters. The molecule has 1 rings (SSSR count). The number of hydrogen-bond donors (Lipinski definition) is 2. The van der Waals surface area contributed by atoms with Crippen molar-refractivity contribution in [2.75, 3.05) is 6.54 Å². The third-order valence-corrected chi connectivity index (χ3v) is 4.05. The molecule has 3 nitrogen and oxygen atoms in total. The molecule has 0 aliphatic carbocycles. The third-order valence-electron chi connectivity index (χ3n) is 2.70. The molecule has 0 saturated carbocycles. The van der Waals surface area contributed by atoms with Gasteiger partial charge in [-0.15, -0.1) is 11.8 Å². The van der Waals surface area contributed by atoms with Crippen molar-refractivity contribution in [2.45, 2.75) is 43.9 Å². The minimum atomic E-state index is -0.740. The van der Waals surface area contributed by atoms with Crippen molar-refractivity contribution in [3.8, 4) is 0 Å². The lowest BCUT2D eigenvalue weighted by molar-refractivity contribution is -0.136. The van der Waals surface area contributed by atoms with E-state index >= 15 is 0 Å². The van der Waals surface area contributed by atoms with Gasteiger partial charge in [-0.1, -0.05) is 32.9 Å². The van der Waals surface area contributed by atoms with Crippen LogP contribution in [0, 0.1) is 5.92 Å². The summed E-state index contributed by atoms with van der Waals surface area (Å²) in [5.41, 5.74) is 1.20. The predicted octanol–water partition coefficient (Wildman–Crippen LogP) is 3.39. The SMILES string of the molecule is CCC(Sc1cccc(CNCC(C)C)c1)C(=O)O. The van der Waals surface area contributed by atoms with Gasteiger partial charge >= 0.3 is 5.97 Å². The monoisotopic (exact) mass is 281 g/mol. The molecule has 0 bridgehead atoms. The molecule has 0 spiro atoms. The quantitative estimate of drug-likeness (QED) is 0.717. The molecule has 0 saturated heterocycles. The fourth-order valence-corrected chi connectivity index (χ4v) is 2.68. The Hall–Kier alpha value is -1.00. The van der Waals surface area contributed by atoms with E-state index in [0.717, 1.165) is 18.0 Å². The highest BCUT2D eigenvalue weighted by Crippen LogP contribution is 2.26. The van der Waals surface area contributed by atoms with Crippen LogP contribution in [-0.2, 0) is 11.3 Å². The molecule has 0 heterocycles. The first-order valence-electron chi connectivity index (χ1n) is 6.72. The molecule has 106 valence electrons. The van der Waals surface area contributed by atoms with Crippen molar-refractivity contribution in [3.05, 3.63) is 29.8 Å². The van der Waals surface area contributed by atoms with E-state index in [0.29, 0.717) is 12.3 Å². The molecule has 1 aromatic carbocycles. The summed E-state index contributed by atoms with van der Waals surface area (Å²) < 4.78 is 0. The molecule has 1 aromatic rings. The van der Waals surface area contributed by atoms with Crippen LogP contribution < -0.4 is 5.32 Å². The van der Waals surface area contributed by atoms with Crippen LogP contribution in [0.4, 0.5) is 0 Å². The lowest BCUT2D eigenvalue weighted by atomic mass is 10.2. The van der Waals surface area contributed by atoms with E-state index in [2.05, 4.69) is 31.3 Å². The first-order valence-corrected chi connectivity index (χ1v) is 7.60. The maximum absolute atomic E-state index is 11.0. The Labute approximate surface area is 119 Å². The molecule has 0 aromatic heterocycles. The molecule has 0 aliphatic heterocycles. The smallest absolute Gasteiger partial charge is 0.316 e. The van der Waals surface area contributed by atoms with Crippen LogP contribution in [0.15, 0.2) is 29.2 Å². The van der Waals surface area contributed by atoms with E-state index < -0.39 is 5.97 Å². The minimum Gasteiger partial charge on any atom is -0.480 e. The zero-order valence-electron chi connectivity index (χ0n) is 11.8. The average Bonchev–Trinajstić information content (AvgIpc) is 2.35. The highest BCUT2D eigenvalue weighted by molar-refractivity contribution is 8.00. The molecule has 2 N–H and O–H groups in total. The zero-order chi connectivity index (χ0) is 14.3. The fraction of sp³-hybridized carbons (Fsp3) is 0.533. The number of carbonyl (C=O) groups is 1. The Bertz CT molecular complexity index is 407. The number of thioether (sulfide) groups is 1. The minimum absolute atomic E-state index is 0.362. The number of nitrogens with one attached hydrogen (secondary N) is 1. The van der Waals surface area contributed by atoms with Crippen molar-refractivity contribution in [3.63, 3.8) is 0 Å². The Morgan fingerprint density at radius 1 is 1.42 bits per heavy atom. The van der Waals surface area contributed by atoms with Gasteiger partial charge in [-0.3, -0.25) is 4.79 Å². The molecular formula is C15H23NO2S. The maximum Gasteiger partial charge on any atom is 0.316 e. The van der Waals surface area contributed by atoms with Gasteiger partial charge in [0.2, 0.25) is 0 Å². The number of carboxylic acids is 1. The van der Waals surface area contributed by atoms with Crippen LogP contribution in [-0.4, -0.2) is 22.9 Å². The number of benzene rings is 1. The first kappa shape index (κ1) is 16.1. The van der Waals surface area contributed by atoms with Gasteiger partial charge in [0.05, 0.1) is 0 Å².